The predicted molar refractivity (Wildman–Crippen MR) is 86.0 cm³/mol. The van der Waals surface area contributed by atoms with Crippen molar-refractivity contribution >= 4 is 23.6 Å². The number of carbonyl (C=O) groups is 2. The number of thioether (sulfide) groups is 1. The minimum absolute atomic E-state index is 0.113. The van der Waals surface area contributed by atoms with Crippen LogP contribution >= 0.6 is 11.8 Å². The molecule has 0 unspecified atom stereocenters. The van der Waals surface area contributed by atoms with Gasteiger partial charge in [0.1, 0.15) is 22.8 Å². The van der Waals surface area contributed by atoms with Crippen molar-refractivity contribution in [2.24, 2.45) is 0 Å². The van der Waals surface area contributed by atoms with E-state index >= 15 is 0 Å². The number of carboxylic acid groups (broad SMARTS) is 1. The third-order valence-corrected chi connectivity index (χ3v) is 4.10. The highest BCUT2D eigenvalue weighted by atomic mass is 32.2. The molecule has 0 spiro atoms. The van der Waals surface area contributed by atoms with E-state index in [-0.39, 0.29) is 23.8 Å². The number of benzene rings is 1. The van der Waals surface area contributed by atoms with Crippen molar-refractivity contribution in [3.63, 3.8) is 0 Å². The Morgan fingerprint density at radius 3 is 2.57 bits per heavy atom. The van der Waals surface area contributed by atoms with Crippen molar-refractivity contribution in [3.05, 3.63) is 47.4 Å². The lowest BCUT2D eigenvalue weighted by Gasteiger charge is -2.04. The Kier molecular flexibility index (Phi) is 5.70. The average Bonchev–Trinajstić information content (AvgIpc) is 2.92. The van der Waals surface area contributed by atoms with Crippen LogP contribution in [0.1, 0.15) is 21.9 Å². The van der Waals surface area contributed by atoms with E-state index in [0.717, 1.165) is 10.6 Å². The van der Waals surface area contributed by atoms with Gasteiger partial charge >= 0.3 is 5.97 Å². The largest absolute Gasteiger partial charge is 0.497 e. The van der Waals surface area contributed by atoms with Gasteiger partial charge < -0.3 is 19.6 Å². The minimum atomic E-state index is -1.04. The number of hydrogen-bond acceptors (Lipinski definition) is 5. The van der Waals surface area contributed by atoms with Crippen molar-refractivity contribution < 1.29 is 23.8 Å². The molecule has 0 bridgehead atoms. The molecule has 0 aliphatic heterocycles. The van der Waals surface area contributed by atoms with E-state index in [0.29, 0.717) is 11.5 Å². The van der Waals surface area contributed by atoms with E-state index in [4.69, 9.17) is 14.3 Å². The molecule has 2 rings (SSSR count). The number of amides is 1. The van der Waals surface area contributed by atoms with Crippen molar-refractivity contribution in [1.29, 1.82) is 0 Å². The maximum atomic E-state index is 11.8. The number of ether oxygens (including phenoxy) is 1. The van der Waals surface area contributed by atoms with Crippen molar-refractivity contribution in [3.8, 4) is 5.75 Å². The summed E-state index contributed by atoms with van der Waals surface area (Å²) in [4.78, 5) is 23.7. The third-order valence-electron chi connectivity index (χ3n) is 3.09. The van der Waals surface area contributed by atoms with E-state index in [1.54, 1.807) is 14.0 Å². The topological polar surface area (TPSA) is 88.8 Å². The summed E-state index contributed by atoms with van der Waals surface area (Å²) in [6, 6.07) is 8.85. The van der Waals surface area contributed by atoms with Crippen LogP contribution in [-0.4, -0.2) is 29.8 Å². The van der Waals surface area contributed by atoms with Gasteiger partial charge in [-0.15, -0.1) is 11.8 Å². The van der Waals surface area contributed by atoms with E-state index in [1.807, 2.05) is 24.3 Å². The van der Waals surface area contributed by atoms with Crippen molar-refractivity contribution in [1.82, 2.24) is 5.32 Å². The second-order valence-electron chi connectivity index (χ2n) is 4.73. The number of nitrogens with one attached hydrogen (secondary N) is 1. The molecule has 2 aromatic rings. The molecule has 0 aliphatic carbocycles. The maximum absolute atomic E-state index is 11.8. The lowest BCUT2D eigenvalue weighted by molar-refractivity contribution is -0.118. The number of methoxy groups -OCH3 is 1. The molecule has 1 heterocycles. The SMILES string of the molecule is COc1ccc(SCC(=O)NCc2cc(C(=O)O)c(C)o2)cc1. The summed E-state index contributed by atoms with van der Waals surface area (Å²) < 4.78 is 10.4. The summed E-state index contributed by atoms with van der Waals surface area (Å²) in [5.41, 5.74) is 0.113. The second kappa shape index (κ2) is 7.73. The van der Waals surface area contributed by atoms with Crippen LogP contribution < -0.4 is 10.1 Å². The molecule has 0 aliphatic rings. The van der Waals surface area contributed by atoms with E-state index in [2.05, 4.69) is 5.32 Å². The summed E-state index contributed by atoms with van der Waals surface area (Å²) in [6.07, 6.45) is 0. The third kappa shape index (κ3) is 4.79. The number of carboxylic acids is 1. The predicted octanol–water partition coefficient (Wildman–Crippen LogP) is 2.70. The normalized spacial score (nSPS) is 10.3. The number of hydrogen-bond donors (Lipinski definition) is 2. The first-order valence-corrected chi connectivity index (χ1v) is 7.84. The second-order valence-corrected chi connectivity index (χ2v) is 5.78. The van der Waals surface area contributed by atoms with Gasteiger partial charge in [0.05, 0.1) is 19.4 Å². The number of rotatable bonds is 7. The smallest absolute Gasteiger partial charge is 0.339 e. The zero-order valence-corrected chi connectivity index (χ0v) is 13.6. The van der Waals surface area contributed by atoms with E-state index in [1.165, 1.54) is 17.8 Å². The molecule has 1 amide bonds. The van der Waals surface area contributed by atoms with Gasteiger partial charge in [-0.2, -0.15) is 0 Å². The van der Waals surface area contributed by atoms with Gasteiger partial charge in [0, 0.05) is 4.90 Å². The highest BCUT2D eigenvalue weighted by molar-refractivity contribution is 8.00. The Hall–Kier alpha value is -2.41. The number of furan rings is 1. The molecule has 122 valence electrons. The fourth-order valence-electron chi connectivity index (χ4n) is 1.90. The monoisotopic (exact) mass is 335 g/mol. The Morgan fingerprint density at radius 1 is 1.30 bits per heavy atom. The number of carbonyl (C=O) groups excluding carboxylic acids is 1. The lowest BCUT2D eigenvalue weighted by atomic mass is 10.2. The molecule has 0 fully saturated rings. The summed E-state index contributed by atoms with van der Waals surface area (Å²) in [5.74, 6) is 0.576. The molecule has 0 radical (unpaired) electrons. The maximum Gasteiger partial charge on any atom is 0.339 e. The number of aromatic carboxylic acids is 1. The Morgan fingerprint density at radius 2 is 2.00 bits per heavy atom. The van der Waals surface area contributed by atoms with Crippen LogP contribution in [0.5, 0.6) is 5.75 Å². The molecule has 0 atom stereocenters. The molecule has 2 N–H and O–H groups in total. The van der Waals surface area contributed by atoms with E-state index in [9.17, 15) is 9.59 Å². The highest BCUT2D eigenvalue weighted by Crippen LogP contribution is 2.21. The van der Waals surface area contributed by atoms with Crippen LogP contribution in [-0.2, 0) is 11.3 Å². The van der Waals surface area contributed by atoms with Crippen LogP contribution in [0.25, 0.3) is 0 Å². The van der Waals surface area contributed by atoms with Crippen LogP contribution in [0.4, 0.5) is 0 Å². The van der Waals surface area contributed by atoms with Crippen LogP contribution in [0.2, 0.25) is 0 Å². The van der Waals surface area contributed by atoms with Crippen LogP contribution in [0.15, 0.2) is 39.6 Å². The summed E-state index contributed by atoms with van der Waals surface area (Å²) in [6.45, 7) is 1.74. The fourth-order valence-corrected chi connectivity index (χ4v) is 2.63. The average molecular weight is 335 g/mol. The Balaban J connectivity index is 1.80. The first-order valence-electron chi connectivity index (χ1n) is 6.85. The first kappa shape index (κ1) is 17.0. The van der Waals surface area contributed by atoms with Gasteiger partial charge in [-0.25, -0.2) is 4.79 Å². The van der Waals surface area contributed by atoms with Crippen molar-refractivity contribution in [2.45, 2.75) is 18.4 Å². The van der Waals surface area contributed by atoms with Gasteiger partial charge in [0.15, 0.2) is 0 Å². The van der Waals surface area contributed by atoms with Gasteiger partial charge in [0.2, 0.25) is 5.91 Å². The lowest BCUT2D eigenvalue weighted by Crippen LogP contribution is -2.24. The minimum Gasteiger partial charge on any atom is -0.497 e. The summed E-state index contributed by atoms with van der Waals surface area (Å²) in [5, 5.41) is 11.6. The number of aryl methyl sites for hydroxylation is 1. The zero-order valence-electron chi connectivity index (χ0n) is 12.8. The van der Waals surface area contributed by atoms with Crippen LogP contribution in [0.3, 0.4) is 0 Å². The van der Waals surface area contributed by atoms with Gasteiger partial charge in [-0.1, -0.05) is 0 Å². The van der Waals surface area contributed by atoms with Gasteiger partial charge in [0.25, 0.3) is 0 Å². The van der Waals surface area contributed by atoms with Gasteiger partial charge in [-0.3, -0.25) is 4.79 Å². The quantitative estimate of drug-likeness (QED) is 0.756. The van der Waals surface area contributed by atoms with Crippen molar-refractivity contribution in [2.75, 3.05) is 12.9 Å². The standard InChI is InChI=1S/C16H17NO5S/c1-10-14(16(19)20)7-12(22-10)8-17-15(18)9-23-13-5-3-11(21-2)4-6-13/h3-7H,8-9H2,1-2H3,(H,17,18)(H,19,20). The molecule has 0 saturated carbocycles. The summed E-state index contributed by atoms with van der Waals surface area (Å²) in [7, 11) is 1.60. The zero-order chi connectivity index (χ0) is 16.8. The molecule has 6 nitrogen and oxygen atoms in total. The molecule has 23 heavy (non-hydrogen) atoms. The highest BCUT2D eigenvalue weighted by Gasteiger charge is 2.14. The Labute approximate surface area is 137 Å². The molecular formula is C16H17NO5S. The Bertz CT molecular complexity index is 693. The summed E-state index contributed by atoms with van der Waals surface area (Å²) >= 11 is 1.40. The van der Waals surface area contributed by atoms with E-state index < -0.39 is 5.97 Å². The molecule has 7 heteroatoms. The van der Waals surface area contributed by atoms with Crippen LogP contribution in [0, 0.1) is 6.92 Å². The fraction of sp³-hybridized carbons (Fsp3) is 0.250. The van der Waals surface area contributed by atoms with Gasteiger partial charge in [-0.05, 0) is 37.3 Å². The molecule has 1 aromatic heterocycles. The molecule has 1 aromatic carbocycles. The first-order chi connectivity index (χ1) is 11.0. The molecule has 0 saturated heterocycles. The molecular weight excluding hydrogens is 318 g/mol.